The summed E-state index contributed by atoms with van der Waals surface area (Å²) in [6.45, 7) is 0.00916. The van der Waals surface area contributed by atoms with Gasteiger partial charge in [-0.3, -0.25) is 4.31 Å². The molecule has 0 saturated carbocycles. The Morgan fingerprint density at radius 2 is 1.68 bits per heavy atom. The van der Waals surface area contributed by atoms with Crippen LogP contribution in [0, 0.1) is 11.3 Å². The molecule has 0 aliphatic carbocycles. The average Bonchev–Trinajstić information content (AvgIpc) is 3.21. The van der Waals surface area contributed by atoms with Crippen LogP contribution < -0.4 is 4.31 Å². The molecular weight excluding hydrogens is 474 g/mol. The second-order valence-electron chi connectivity index (χ2n) is 7.23. The molecule has 0 saturated heterocycles. The summed E-state index contributed by atoms with van der Waals surface area (Å²) in [7, 11) is -3.85. The van der Waals surface area contributed by atoms with Gasteiger partial charge in [-0.1, -0.05) is 41.9 Å². The van der Waals surface area contributed by atoms with Crippen LogP contribution in [0.15, 0.2) is 94.4 Å². The van der Waals surface area contributed by atoms with Crippen LogP contribution in [0.2, 0.25) is 5.02 Å². The van der Waals surface area contributed by atoms with Gasteiger partial charge >= 0.3 is 5.97 Å². The Balaban J connectivity index is 1.61. The van der Waals surface area contributed by atoms with Gasteiger partial charge in [0.05, 0.1) is 23.1 Å². The summed E-state index contributed by atoms with van der Waals surface area (Å²) in [4.78, 5) is 16.7. The SMILES string of the molecule is N#CCCN(c1ccc(/C=C2\N=C(c3ccc(Cl)cc3)OC2=O)cc1)S(=O)(=O)c1ccccc1. The van der Waals surface area contributed by atoms with E-state index in [2.05, 4.69) is 4.99 Å². The zero-order chi connectivity index (χ0) is 24.1. The van der Waals surface area contributed by atoms with Crippen molar-refractivity contribution in [2.75, 3.05) is 10.8 Å². The molecule has 0 aromatic heterocycles. The van der Waals surface area contributed by atoms with E-state index in [4.69, 9.17) is 21.6 Å². The minimum atomic E-state index is -3.85. The number of esters is 1. The maximum atomic E-state index is 13.2. The van der Waals surface area contributed by atoms with Gasteiger partial charge in [0.1, 0.15) is 0 Å². The van der Waals surface area contributed by atoms with E-state index in [9.17, 15) is 13.2 Å². The molecule has 0 radical (unpaired) electrons. The second kappa shape index (κ2) is 9.91. The molecule has 0 fully saturated rings. The molecule has 0 amide bonds. The van der Waals surface area contributed by atoms with Crippen molar-refractivity contribution in [1.82, 2.24) is 0 Å². The molecule has 1 aliphatic rings. The molecule has 7 nitrogen and oxygen atoms in total. The van der Waals surface area contributed by atoms with Crippen LogP contribution >= 0.6 is 11.6 Å². The third-order valence-corrected chi connectivity index (χ3v) is 7.05. The number of benzene rings is 3. The molecular formula is C25H18ClN3O4S. The lowest BCUT2D eigenvalue weighted by atomic mass is 10.1. The first-order chi connectivity index (χ1) is 16.4. The Bertz CT molecular complexity index is 1410. The Labute approximate surface area is 202 Å². The number of ether oxygens (including phenoxy) is 1. The van der Waals surface area contributed by atoms with Crippen molar-refractivity contribution >= 4 is 45.3 Å². The lowest BCUT2D eigenvalue weighted by Gasteiger charge is -2.23. The quantitative estimate of drug-likeness (QED) is 0.349. The van der Waals surface area contributed by atoms with Gasteiger partial charge in [0.25, 0.3) is 10.0 Å². The van der Waals surface area contributed by atoms with Crippen molar-refractivity contribution in [2.45, 2.75) is 11.3 Å². The van der Waals surface area contributed by atoms with Gasteiger partial charge in [0, 0.05) is 17.1 Å². The Morgan fingerprint density at radius 3 is 2.32 bits per heavy atom. The summed E-state index contributed by atoms with van der Waals surface area (Å²) < 4.78 is 32.8. The highest BCUT2D eigenvalue weighted by atomic mass is 35.5. The van der Waals surface area contributed by atoms with E-state index < -0.39 is 16.0 Å². The van der Waals surface area contributed by atoms with E-state index in [-0.39, 0.29) is 29.5 Å². The fraction of sp³-hybridized carbons (Fsp3) is 0.0800. The van der Waals surface area contributed by atoms with Gasteiger partial charge in [0.15, 0.2) is 5.70 Å². The molecule has 0 bridgehead atoms. The monoisotopic (exact) mass is 491 g/mol. The number of carbonyl (C=O) groups excluding carboxylic acids is 1. The van der Waals surface area contributed by atoms with Crippen LogP contribution in [-0.2, 0) is 19.6 Å². The predicted molar refractivity (Wildman–Crippen MR) is 130 cm³/mol. The second-order valence-corrected chi connectivity index (χ2v) is 9.53. The highest BCUT2D eigenvalue weighted by molar-refractivity contribution is 7.92. The summed E-state index contributed by atoms with van der Waals surface area (Å²) in [6.07, 6.45) is 1.59. The number of nitriles is 1. The number of rotatable bonds is 7. The van der Waals surface area contributed by atoms with Gasteiger partial charge in [-0.05, 0) is 60.2 Å². The largest absolute Gasteiger partial charge is 0.402 e. The van der Waals surface area contributed by atoms with E-state index in [1.807, 2.05) is 6.07 Å². The van der Waals surface area contributed by atoms with Crippen LogP contribution in [0.4, 0.5) is 5.69 Å². The van der Waals surface area contributed by atoms with Gasteiger partial charge in [-0.15, -0.1) is 0 Å². The minimum Gasteiger partial charge on any atom is -0.402 e. The maximum Gasteiger partial charge on any atom is 0.363 e. The smallest absolute Gasteiger partial charge is 0.363 e. The van der Waals surface area contributed by atoms with Gasteiger partial charge in [0.2, 0.25) is 5.90 Å². The molecule has 0 spiro atoms. The van der Waals surface area contributed by atoms with Crippen molar-refractivity contribution in [3.8, 4) is 6.07 Å². The number of nitrogens with zero attached hydrogens (tertiary/aromatic N) is 3. The Kier molecular flexibility index (Phi) is 6.77. The van der Waals surface area contributed by atoms with Gasteiger partial charge < -0.3 is 4.74 Å². The van der Waals surface area contributed by atoms with Crippen LogP contribution in [0.25, 0.3) is 6.08 Å². The molecule has 34 heavy (non-hydrogen) atoms. The molecule has 4 rings (SSSR count). The van der Waals surface area contributed by atoms with E-state index in [1.54, 1.807) is 72.8 Å². The first-order valence-corrected chi connectivity index (χ1v) is 12.0. The number of cyclic esters (lactones) is 1. The normalized spacial score (nSPS) is 14.4. The van der Waals surface area contributed by atoms with E-state index in [1.165, 1.54) is 16.4 Å². The molecule has 3 aromatic rings. The number of halogens is 1. The Morgan fingerprint density at radius 1 is 1.00 bits per heavy atom. The van der Waals surface area contributed by atoms with Crippen molar-refractivity contribution in [3.63, 3.8) is 0 Å². The number of carbonyl (C=O) groups is 1. The van der Waals surface area contributed by atoms with Crippen LogP contribution in [0.1, 0.15) is 17.5 Å². The fourth-order valence-electron chi connectivity index (χ4n) is 3.28. The zero-order valence-corrected chi connectivity index (χ0v) is 19.3. The molecule has 3 aromatic carbocycles. The number of hydrogen-bond acceptors (Lipinski definition) is 6. The summed E-state index contributed by atoms with van der Waals surface area (Å²) in [5, 5.41) is 9.56. The number of hydrogen-bond donors (Lipinski definition) is 0. The van der Waals surface area contributed by atoms with E-state index >= 15 is 0 Å². The van der Waals surface area contributed by atoms with Gasteiger partial charge in [-0.25, -0.2) is 18.2 Å². The van der Waals surface area contributed by atoms with Crippen LogP contribution in [0.5, 0.6) is 0 Å². The lowest BCUT2D eigenvalue weighted by molar-refractivity contribution is -0.129. The topological polar surface area (TPSA) is 99.8 Å². The standard InChI is InChI=1S/C25H18ClN3O4S/c26-20-11-9-19(10-12-20)24-28-23(25(30)33-24)17-18-7-13-21(14-8-18)29(16-4-15-27)34(31,32)22-5-2-1-3-6-22/h1-3,5-14,17H,4,16H2/b23-17-. The van der Waals surface area contributed by atoms with Crippen LogP contribution in [-0.4, -0.2) is 26.8 Å². The van der Waals surface area contributed by atoms with Gasteiger partial charge in [-0.2, -0.15) is 5.26 Å². The number of anilines is 1. The highest BCUT2D eigenvalue weighted by Gasteiger charge is 2.26. The summed E-state index contributed by atoms with van der Waals surface area (Å²) in [5.41, 5.74) is 1.78. The number of sulfonamides is 1. The van der Waals surface area contributed by atoms with Crippen molar-refractivity contribution in [3.05, 3.63) is 101 Å². The molecule has 0 unspecified atom stereocenters. The predicted octanol–water partition coefficient (Wildman–Crippen LogP) is 4.79. The molecule has 1 aliphatic heterocycles. The maximum absolute atomic E-state index is 13.2. The molecule has 170 valence electrons. The van der Waals surface area contributed by atoms with Crippen molar-refractivity contribution in [1.29, 1.82) is 5.26 Å². The van der Waals surface area contributed by atoms with Crippen LogP contribution in [0.3, 0.4) is 0 Å². The van der Waals surface area contributed by atoms with Crippen molar-refractivity contribution < 1.29 is 17.9 Å². The Hall–Kier alpha value is -3.93. The highest BCUT2D eigenvalue weighted by Crippen LogP contribution is 2.26. The third kappa shape index (κ3) is 5.01. The average molecular weight is 492 g/mol. The molecule has 0 N–H and O–H groups in total. The first kappa shape index (κ1) is 23.2. The summed E-state index contributed by atoms with van der Waals surface area (Å²) in [6, 6.07) is 23.4. The summed E-state index contributed by atoms with van der Waals surface area (Å²) >= 11 is 5.89. The van der Waals surface area contributed by atoms with E-state index in [0.717, 1.165) is 0 Å². The third-order valence-electron chi connectivity index (χ3n) is 4.95. The zero-order valence-electron chi connectivity index (χ0n) is 17.8. The first-order valence-electron chi connectivity index (χ1n) is 10.2. The molecule has 0 atom stereocenters. The lowest BCUT2D eigenvalue weighted by Crippen LogP contribution is -2.31. The van der Waals surface area contributed by atoms with E-state index in [0.29, 0.717) is 21.8 Å². The minimum absolute atomic E-state index is 0.00916. The molecule has 9 heteroatoms. The van der Waals surface area contributed by atoms with Crippen molar-refractivity contribution in [2.24, 2.45) is 4.99 Å². The summed E-state index contributed by atoms with van der Waals surface area (Å²) in [5.74, 6) is -0.405. The number of aliphatic imine (C=N–C) groups is 1. The fourth-order valence-corrected chi connectivity index (χ4v) is 4.89. The molecule has 1 heterocycles.